The molecule has 0 aliphatic heterocycles. The molecule has 2 rings (SSSR count). The summed E-state index contributed by atoms with van der Waals surface area (Å²) >= 11 is 3.22. The van der Waals surface area contributed by atoms with Crippen molar-refractivity contribution in [3.63, 3.8) is 0 Å². The van der Waals surface area contributed by atoms with Gasteiger partial charge in [-0.3, -0.25) is 9.78 Å². The lowest BCUT2D eigenvalue weighted by molar-refractivity contribution is 0.0791. The lowest BCUT2D eigenvalue weighted by atomic mass is 10.1. The number of halogens is 2. The average Bonchev–Trinajstić information content (AvgIpc) is 2.45. The summed E-state index contributed by atoms with van der Waals surface area (Å²) in [6, 6.07) is 8.31. The standard InChI is InChI=1S/C15H14BrFN2O/c1-19(10-7-11-5-8-18-9-6-11)15(20)14-12(16)3-2-4-13(14)17/h2-6,8-9H,7,10H2,1H3. The Morgan fingerprint density at radius 2 is 2.00 bits per heavy atom. The van der Waals surface area contributed by atoms with Gasteiger partial charge in [-0.15, -0.1) is 0 Å². The summed E-state index contributed by atoms with van der Waals surface area (Å²) in [6.07, 6.45) is 4.13. The number of benzene rings is 1. The van der Waals surface area contributed by atoms with E-state index >= 15 is 0 Å². The lowest BCUT2D eigenvalue weighted by Gasteiger charge is -2.18. The molecule has 1 amide bonds. The molecule has 0 aliphatic rings. The average molecular weight is 337 g/mol. The molecule has 1 aromatic heterocycles. The van der Waals surface area contributed by atoms with Gasteiger partial charge in [-0.1, -0.05) is 6.07 Å². The van der Waals surface area contributed by atoms with Crippen LogP contribution in [0.5, 0.6) is 0 Å². The number of amides is 1. The van der Waals surface area contributed by atoms with Crippen LogP contribution in [0.25, 0.3) is 0 Å². The number of carbonyl (C=O) groups is 1. The van der Waals surface area contributed by atoms with Gasteiger partial charge in [-0.2, -0.15) is 0 Å². The quantitative estimate of drug-likeness (QED) is 0.858. The summed E-state index contributed by atoms with van der Waals surface area (Å²) in [4.78, 5) is 17.7. The third-order valence-electron chi connectivity index (χ3n) is 3.01. The first-order valence-corrected chi connectivity index (χ1v) is 6.97. The minimum absolute atomic E-state index is 0.0738. The fraction of sp³-hybridized carbons (Fsp3) is 0.200. The van der Waals surface area contributed by atoms with E-state index in [2.05, 4.69) is 20.9 Å². The van der Waals surface area contributed by atoms with E-state index in [0.717, 1.165) is 5.56 Å². The molecule has 3 nitrogen and oxygen atoms in total. The molecule has 20 heavy (non-hydrogen) atoms. The van der Waals surface area contributed by atoms with Gasteiger partial charge in [0.05, 0.1) is 5.56 Å². The summed E-state index contributed by atoms with van der Waals surface area (Å²) < 4.78 is 14.2. The molecule has 0 atom stereocenters. The van der Waals surface area contributed by atoms with Crippen molar-refractivity contribution in [2.75, 3.05) is 13.6 Å². The van der Waals surface area contributed by atoms with Crippen LogP contribution in [0.2, 0.25) is 0 Å². The molecule has 0 N–H and O–H groups in total. The zero-order valence-electron chi connectivity index (χ0n) is 11.0. The van der Waals surface area contributed by atoms with Gasteiger partial charge in [-0.25, -0.2) is 4.39 Å². The van der Waals surface area contributed by atoms with Gasteiger partial charge >= 0.3 is 0 Å². The molecule has 0 aliphatic carbocycles. The largest absolute Gasteiger partial charge is 0.341 e. The van der Waals surface area contributed by atoms with E-state index in [9.17, 15) is 9.18 Å². The molecule has 104 valence electrons. The van der Waals surface area contributed by atoms with Crippen LogP contribution in [0.4, 0.5) is 4.39 Å². The number of aromatic nitrogens is 1. The molecular formula is C15H14BrFN2O. The van der Waals surface area contributed by atoms with Crippen LogP contribution in [0.3, 0.4) is 0 Å². The Bertz CT molecular complexity index is 584. The van der Waals surface area contributed by atoms with E-state index in [1.165, 1.54) is 11.0 Å². The number of carbonyl (C=O) groups excluding carboxylic acids is 1. The highest BCUT2D eigenvalue weighted by molar-refractivity contribution is 9.10. The van der Waals surface area contributed by atoms with Crippen molar-refractivity contribution in [1.29, 1.82) is 0 Å². The molecule has 0 saturated carbocycles. The Morgan fingerprint density at radius 1 is 1.30 bits per heavy atom. The van der Waals surface area contributed by atoms with Crippen molar-refractivity contribution < 1.29 is 9.18 Å². The normalized spacial score (nSPS) is 10.3. The highest BCUT2D eigenvalue weighted by Crippen LogP contribution is 2.21. The smallest absolute Gasteiger partial charge is 0.257 e. The van der Waals surface area contributed by atoms with Crippen molar-refractivity contribution in [3.8, 4) is 0 Å². The number of hydrogen-bond acceptors (Lipinski definition) is 2. The molecule has 0 radical (unpaired) electrons. The van der Waals surface area contributed by atoms with E-state index in [0.29, 0.717) is 17.4 Å². The fourth-order valence-corrected chi connectivity index (χ4v) is 2.35. The molecule has 5 heteroatoms. The summed E-state index contributed by atoms with van der Waals surface area (Å²) in [5, 5.41) is 0. The van der Waals surface area contributed by atoms with Crippen LogP contribution in [0.15, 0.2) is 47.2 Å². The highest BCUT2D eigenvalue weighted by atomic mass is 79.9. The predicted octanol–water partition coefficient (Wildman–Crippen LogP) is 3.30. The molecule has 1 heterocycles. The summed E-state index contributed by atoms with van der Waals surface area (Å²) in [5.41, 5.74) is 1.16. The Balaban J connectivity index is 2.06. The van der Waals surface area contributed by atoms with Gasteiger partial charge in [0.25, 0.3) is 5.91 Å². The van der Waals surface area contributed by atoms with E-state index in [1.807, 2.05) is 12.1 Å². The second-order valence-electron chi connectivity index (χ2n) is 4.43. The highest BCUT2D eigenvalue weighted by Gasteiger charge is 2.18. The van der Waals surface area contributed by atoms with E-state index in [4.69, 9.17) is 0 Å². The zero-order chi connectivity index (χ0) is 14.5. The van der Waals surface area contributed by atoms with Gasteiger partial charge < -0.3 is 4.90 Å². The third-order valence-corrected chi connectivity index (χ3v) is 3.67. The van der Waals surface area contributed by atoms with Crippen LogP contribution in [-0.4, -0.2) is 29.4 Å². The maximum Gasteiger partial charge on any atom is 0.257 e. The van der Waals surface area contributed by atoms with E-state index < -0.39 is 5.82 Å². The molecule has 0 bridgehead atoms. The zero-order valence-corrected chi connectivity index (χ0v) is 12.6. The number of nitrogens with zero attached hydrogens (tertiary/aromatic N) is 2. The Kier molecular flexibility index (Phi) is 4.84. The number of rotatable bonds is 4. The Hall–Kier alpha value is -1.75. The SMILES string of the molecule is CN(CCc1ccncc1)C(=O)c1c(F)cccc1Br. The number of hydrogen-bond donors (Lipinski definition) is 0. The first-order chi connectivity index (χ1) is 9.59. The van der Waals surface area contributed by atoms with Gasteiger partial charge in [-0.05, 0) is 52.2 Å². The first-order valence-electron chi connectivity index (χ1n) is 6.18. The molecule has 0 spiro atoms. The van der Waals surface area contributed by atoms with Crippen molar-refractivity contribution in [3.05, 3.63) is 64.1 Å². The van der Waals surface area contributed by atoms with Crippen LogP contribution >= 0.6 is 15.9 Å². The molecule has 1 aromatic carbocycles. The van der Waals surface area contributed by atoms with Crippen LogP contribution in [0.1, 0.15) is 15.9 Å². The monoisotopic (exact) mass is 336 g/mol. The van der Waals surface area contributed by atoms with Crippen molar-refractivity contribution in [2.24, 2.45) is 0 Å². The number of pyridine rings is 1. The topological polar surface area (TPSA) is 33.2 Å². The summed E-state index contributed by atoms with van der Waals surface area (Å²) in [7, 11) is 1.67. The molecule has 0 saturated heterocycles. The second kappa shape index (κ2) is 6.61. The molecule has 0 fully saturated rings. The van der Waals surface area contributed by atoms with Gasteiger partial charge in [0.1, 0.15) is 5.82 Å². The lowest BCUT2D eigenvalue weighted by Crippen LogP contribution is -2.29. The third kappa shape index (κ3) is 3.42. The van der Waals surface area contributed by atoms with Crippen LogP contribution in [-0.2, 0) is 6.42 Å². The minimum Gasteiger partial charge on any atom is -0.341 e. The predicted molar refractivity (Wildman–Crippen MR) is 79.0 cm³/mol. The Morgan fingerprint density at radius 3 is 2.65 bits per heavy atom. The number of likely N-dealkylation sites (N-methyl/N-ethyl adjacent to an activating group) is 1. The van der Waals surface area contributed by atoms with E-state index in [1.54, 1.807) is 31.6 Å². The maximum absolute atomic E-state index is 13.7. The van der Waals surface area contributed by atoms with Gasteiger partial charge in [0.15, 0.2) is 0 Å². The molecule has 0 unspecified atom stereocenters. The first kappa shape index (κ1) is 14.7. The molecule has 2 aromatic rings. The minimum atomic E-state index is -0.514. The Labute approximate surface area is 125 Å². The van der Waals surface area contributed by atoms with Crippen molar-refractivity contribution >= 4 is 21.8 Å². The fourth-order valence-electron chi connectivity index (χ4n) is 1.84. The van der Waals surface area contributed by atoms with Gasteiger partial charge in [0, 0.05) is 30.5 Å². The van der Waals surface area contributed by atoms with Crippen molar-refractivity contribution in [2.45, 2.75) is 6.42 Å². The maximum atomic E-state index is 13.7. The summed E-state index contributed by atoms with van der Waals surface area (Å²) in [6.45, 7) is 0.517. The van der Waals surface area contributed by atoms with E-state index in [-0.39, 0.29) is 11.5 Å². The second-order valence-corrected chi connectivity index (χ2v) is 5.28. The molecular weight excluding hydrogens is 323 g/mol. The van der Waals surface area contributed by atoms with Crippen LogP contribution < -0.4 is 0 Å². The van der Waals surface area contributed by atoms with Crippen LogP contribution in [0, 0.1) is 5.82 Å². The van der Waals surface area contributed by atoms with Gasteiger partial charge in [0.2, 0.25) is 0 Å². The van der Waals surface area contributed by atoms with Crippen molar-refractivity contribution in [1.82, 2.24) is 9.88 Å². The summed E-state index contributed by atoms with van der Waals surface area (Å²) in [5.74, 6) is -0.843.